The number of anilines is 1. The summed E-state index contributed by atoms with van der Waals surface area (Å²) < 4.78 is 42.5. The van der Waals surface area contributed by atoms with Crippen LogP contribution in [-0.2, 0) is 26.0 Å². The smallest absolute Gasteiger partial charge is 0.245 e. The van der Waals surface area contributed by atoms with Crippen molar-refractivity contribution in [3.63, 3.8) is 0 Å². The van der Waals surface area contributed by atoms with Gasteiger partial charge in [0.25, 0.3) is 0 Å². The molecular weight excluding hydrogens is 600 g/mol. The maximum atomic E-state index is 13.9. The first kappa shape index (κ1) is 34.0. The molecule has 1 fully saturated rings. The summed E-state index contributed by atoms with van der Waals surface area (Å²) in [5.41, 5.74) is 2.85. The number of piperazine rings is 1. The summed E-state index contributed by atoms with van der Waals surface area (Å²) in [5, 5.41) is 6.25. The Morgan fingerprint density at radius 2 is 1.69 bits per heavy atom. The van der Waals surface area contributed by atoms with Crippen LogP contribution in [0, 0.1) is 5.92 Å². The van der Waals surface area contributed by atoms with Gasteiger partial charge in [0.2, 0.25) is 33.0 Å². The van der Waals surface area contributed by atoms with Crippen molar-refractivity contribution >= 4 is 27.5 Å². The number of fused-ring (bicyclic) bond motifs is 3. The van der Waals surface area contributed by atoms with E-state index in [0.717, 1.165) is 17.4 Å². The Balaban J connectivity index is 1.81. The van der Waals surface area contributed by atoms with Gasteiger partial charge >= 0.3 is 0 Å². The van der Waals surface area contributed by atoms with Crippen molar-refractivity contribution in [1.82, 2.24) is 14.5 Å². The lowest BCUT2D eigenvalue weighted by atomic mass is 9.95. The highest BCUT2D eigenvalue weighted by Gasteiger charge is 2.34. The molecule has 0 unspecified atom stereocenters. The number of hydrogen-bond acceptors (Lipinski definition) is 9. The Morgan fingerprint density at radius 3 is 2.24 bits per heavy atom. The third kappa shape index (κ3) is 7.19. The SMILES string of the molecule is CC[C@H](C)[C@@H](Nc1ccc2c(cc1=O)[C@H](NC(C)=O)CCc1cc(OC)c(OC)c(OC)c1-2)C(=O)N1CCN(S(C)(=O)=O)CC1. The van der Waals surface area contributed by atoms with Crippen LogP contribution >= 0.6 is 0 Å². The van der Waals surface area contributed by atoms with E-state index in [2.05, 4.69) is 10.6 Å². The molecule has 45 heavy (non-hydrogen) atoms. The zero-order chi connectivity index (χ0) is 33.1. The van der Waals surface area contributed by atoms with Gasteiger partial charge in [0.05, 0.1) is 39.3 Å². The van der Waals surface area contributed by atoms with Crippen LogP contribution in [-0.4, -0.2) is 89.2 Å². The fourth-order valence-electron chi connectivity index (χ4n) is 6.11. The molecule has 1 saturated heterocycles. The number of rotatable bonds is 10. The van der Waals surface area contributed by atoms with E-state index < -0.39 is 22.1 Å². The number of sulfonamides is 1. The van der Waals surface area contributed by atoms with Gasteiger partial charge < -0.3 is 29.7 Å². The lowest BCUT2D eigenvalue weighted by Gasteiger charge is -2.36. The topological polar surface area (TPSA) is 144 Å². The second-order valence-corrected chi connectivity index (χ2v) is 13.6. The van der Waals surface area contributed by atoms with Crippen LogP contribution in [0.25, 0.3) is 11.1 Å². The fraction of sp³-hybridized carbons (Fsp3) is 0.531. The molecule has 0 spiro atoms. The molecule has 2 aliphatic rings. The molecule has 0 aromatic heterocycles. The summed E-state index contributed by atoms with van der Waals surface area (Å²) in [6.45, 7) is 6.33. The van der Waals surface area contributed by atoms with Gasteiger partial charge in [-0.2, -0.15) is 4.31 Å². The Bertz CT molecular complexity index is 1610. The maximum absolute atomic E-state index is 13.9. The molecule has 0 saturated carbocycles. The first-order valence-electron chi connectivity index (χ1n) is 15.1. The van der Waals surface area contributed by atoms with Crippen molar-refractivity contribution in [1.29, 1.82) is 0 Å². The minimum absolute atomic E-state index is 0.127. The van der Waals surface area contributed by atoms with Gasteiger partial charge in [-0.25, -0.2) is 8.42 Å². The quantitative estimate of drug-likeness (QED) is 0.399. The van der Waals surface area contributed by atoms with Crippen LogP contribution in [0.1, 0.15) is 50.8 Å². The molecule has 13 heteroatoms. The summed E-state index contributed by atoms with van der Waals surface area (Å²) in [4.78, 5) is 41.6. The maximum Gasteiger partial charge on any atom is 0.245 e. The van der Waals surface area contributed by atoms with Crippen LogP contribution in [0.15, 0.2) is 29.1 Å². The highest BCUT2D eigenvalue weighted by Crippen LogP contribution is 2.50. The molecule has 246 valence electrons. The fourth-order valence-corrected chi connectivity index (χ4v) is 6.94. The number of carbonyl (C=O) groups is 2. The zero-order valence-electron chi connectivity index (χ0n) is 27.1. The van der Waals surface area contributed by atoms with E-state index in [0.29, 0.717) is 47.6 Å². The number of hydrogen-bond donors (Lipinski definition) is 2. The second-order valence-electron chi connectivity index (χ2n) is 11.6. The van der Waals surface area contributed by atoms with Crippen LogP contribution in [0.3, 0.4) is 0 Å². The average molecular weight is 645 g/mol. The Hall–Kier alpha value is -3.84. The lowest BCUT2D eigenvalue weighted by molar-refractivity contribution is -0.134. The predicted molar refractivity (Wildman–Crippen MR) is 173 cm³/mol. The van der Waals surface area contributed by atoms with E-state index in [9.17, 15) is 22.8 Å². The van der Waals surface area contributed by atoms with E-state index in [-0.39, 0.29) is 55.0 Å². The zero-order valence-corrected chi connectivity index (χ0v) is 27.9. The summed E-state index contributed by atoms with van der Waals surface area (Å²) in [6, 6.07) is 5.72. The van der Waals surface area contributed by atoms with Crippen molar-refractivity contribution in [2.24, 2.45) is 5.92 Å². The van der Waals surface area contributed by atoms with Gasteiger partial charge in [-0.3, -0.25) is 14.4 Å². The van der Waals surface area contributed by atoms with Gasteiger partial charge in [0.1, 0.15) is 6.04 Å². The number of amides is 2. The highest BCUT2D eigenvalue weighted by molar-refractivity contribution is 7.88. The number of carbonyl (C=O) groups excluding carboxylic acids is 2. The minimum Gasteiger partial charge on any atom is -0.493 e. The van der Waals surface area contributed by atoms with Crippen LogP contribution in [0.5, 0.6) is 17.2 Å². The minimum atomic E-state index is -3.35. The van der Waals surface area contributed by atoms with Crippen molar-refractivity contribution < 1.29 is 32.2 Å². The highest BCUT2D eigenvalue weighted by atomic mass is 32.2. The summed E-state index contributed by atoms with van der Waals surface area (Å²) in [6.07, 6.45) is 2.94. The molecule has 1 aliphatic heterocycles. The number of aryl methyl sites for hydroxylation is 1. The molecule has 2 N–H and O–H groups in total. The van der Waals surface area contributed by atoms with Crippen LogP contribution < -0.4 is 30.3 Å². The molecule has 2 amide bonds. The summed E-state index contributed by atoms with van der Waals surface area (Å²) in [7, 11) is 1.28. The van der Waals surface area contributed by atoms with Crippen molar-refractivity contribution in [2.45, 2.75) is 52.1 Å². The Morgan fingerprint density at radius 1 is 1.02 bits per heavy atom. The summed E-state index contributed by atoms with van der Waals surface area (Å²) in [5.74, 6) is 0.823. The molecule has 0 radical (unpaired) electrons. The molecule has 12 nitrogen and oxygen atoms in total. The third-order valence-corrected chi connectivity index (χ3v) is 10.0. The lowest BCUT2D eigenvalue weighted by Crippen LogP contribution is -2.55. The van der Waals surface area contributed by atoms with E-state index in [4.69, 9.17) is 14.2 Å². The Kier molecular flexibility index (Phi) is 10.6. The van der Waals surface area contributed by atoms with E-state index >= 15 is 0 Å². The second kappa shape index (κ2) is 14.1. The number of benzene rings is 1. The monoisotopic (exact) mass is 644 g/mol. The molecule has 3 atom stereocenters. The normalized spacial score (nSPS) is 18.0. The average Bonchev–Trinajstić information content (AvgIpc) is 3.25. The standard InChI is InChI=1S/C32H44N4O8S/c1-8-19(2)29(32(39)35-13-15-36(16-14-35)45(7,40)41)34-25-12-10-22-23(18-26(25)38)24(33-20(3)37)11-9-21-17-27(42-4)30(43-5)31(44-6)28(21)22/h10,12,17-19,24,29H,8-9,11,13-16H2,1-7H3,(H,33,37)(H,34,38)/t19-,24+,29+/m0/s1. The Labute approximate surface area is 265 Å². The van der Waals surface area contributed by atoms with Gasteiger partial charge in [-0.1, -0.05) is 26.3 Å². The van der Waals surface area contributed by atoms with Gasteiger partial charge in [-0.05, 0) is 53.6 Å². The van der Waals surface area contributed by atoms with Crippen LogP contribution in [0.2, 0.25) is 0 Å². The van der Waals surface area contributed by atoms with Gasteiger partial charge in [0.15, 0.2) is 11.5 Å². The number of nitrogens with zero attached hydrogens (tertiary/aromatic N) is 2. The van der Waals surface area contributed by atoms with Gasteiger partial charge in [0, 0.05) is 38.7 Å². The number of nitrogens with one attached hydrogen (secondary N) is 2. The third-order valence-electron chi connectivity index (χ3n) is 8.73. The predicted octanol–water partition coefficient (Wildman–Crippen LogP) is 2.79. The van der Waals surface area contributed by atoms with E-state index in [1.165, 1.54) is 24.4 Å². The molecular formula is C32H44N4O8S. The molecule has 1 aliphatic carbocycles. The van der Waals surface area contributed by atoms with Crippen LogP contribution in [0.4, 0.5) is 5.69 Å². The molecule has 0 bridgehead atoms. The molecule has 2 aromatic rings. The van der Waals surface area contributed by atoms with Crippen molar-refractivity contribution in [2.75, 3.05) is 59.1 Å². The van der Waals surface area contributed by atoms with E-state index in [1.54, 1.807) is 25.2 Å². The van der Waals surface area contributed by atoms with Crippen molar-refractivity contribution in [3.8, 4) is 28.4 Å². The molecule has 1 heterocycles. The van der Waals surface area contributed by atoms with Crippen molar-refractivity contribution in [3.05, 3.63) is 45.6 Å². The first-order valence-corrected chi connectivity index (χ1v) is 17.0. The largest absolute Gasteiger partial charge is 0.493 e. The number of methoxy groups -OCH3 is 3. The van der Waals surface area contributed by atoms with E-state index in [1.807, 2.05) is 26.0 Å². The molecule has 4 rings (SSSR count). The molecule has 2 aromatic carbocycles. The first-order chi connectivity index (χ1) is 21.3. The van der Waals surface area contributed by atoms with Gasteiger partial charge in [-0.15, -0.1) is 0 Å². The number of ether oxygens (including phenoxy) is 3. The summed E-state index contributed by atoms with van der Waals surface area (Å²) >= 11 is 0.